The van der Waals surface area contributed by atoms with Crippen LogP contribution in [0.25, 0.3) is 73.4 Å². The number of nitrogens with one attached hydrogen (secondary N) is 1. The molecule has 1 aliphatic rings. The van der Waals surface area contributed by atoms with E-state index in [0.717, 1.165) is 50.0 Å². The summed E-state index contributed by atoms with van der Waals surface area (Å²) in [5.74, 6) is 1.50. The first kappa shape index (κ1) is 28.7. The quantitative estimate of drug-likeness (QED) is 0.200. The monoisotopic (exact) mass is 689 g/mol. The molecule has 4 heterocycles. The Morgan fingerprint density at radius 3 is 2.12 bits per heavy atom. The van der Waals surface area contributed by atoms with Gasteiger partial charge in [-0.3, -0.25) is 0 Å². The Hall–Kier alpha value is -6.08. The number of fused-ring (bicyclic) bond motifs is 9. The van der Waals surface area contributed by atoms with Crippen LogP contribution in [-0.2, 0) is 0 Å². The number of thiophene rings is 2. The van der Waals surface area contributed by atoms with Gasteiger partial charge in [-0.1, -0.05) is 109 Å². The van der Waals surface area contributed by atoms with E-state index in [-0.39, 0.29) is 6.17 Å². The second-order valence-corrected chi connectivity index (χ2v) is 15.1. The smallest absolute Gasteiger partial charge is 0.159 e. The van der Waals surface area contributed by atoms with Gasteiger partial charge < -0.3 is 9.73 Å². The van der Waals surface area contributed by atoms with E-state index in [1.165, 1.54) is 45.9 Å². The van der Waals surface area contributed by atoms with Crippen molar-refractivity contribution in [3.63, 3.8) is 0 Å². The standard InChI is InChI=1S/C45H27N3OS2/c1-2-10-26(11-3-1)43-46-44(28-20-22-31-30-12-4-6-17-37(30)51-40(31)25-28)48-45(47-43)33-15-8-16-36-41(33)34-24-27(21-23-35(34)49-36)29-14-9-19-39-42(29)32-13-5-7-18-38(32)50-39/h1-25,45H,(H,46,47,48). The maximum Gasteiger partial charge on any atom is 0.159 e. The zero-order valence-electron chi connectivity index (χ0n) is 27.1. The van der Waals surface area contributed by atoms with E-state index in [0.29, 0.717) is 5.84 Å². The molecule has 7 aromatic carbocycles. The van der Waals surface area contributed by atoms with Crippen molar-refractivity contribution in [1.82, 2.24) is 5.32 Å². The van der Waals surface area contributed by atoms with Crippen LogP contribution in [0.15, 0.2) is 166 Å². The lowest BCUT2D eigenvalue weighted by molar-refractivity contribution is 0.662. The number of rotatable bonds is 4. The highest BCUT2D eigenvalue weighted by Crippen LogP contribution is 2.43. The van der Waals surface area contributed by atoms with Crippen LogP contribution in [0.4, 0.5) is 0 Å². The molecule has 0 saturated heterocycles. The van der Waals surface area contributed by atoms with Gasteiger partial charge in [-0.05, 0) is 53.6 Å². The summed E-state index contributed by atoms with van der Waals surface area (Å²) < 4.78 is 11.6. The fraction of sp³-hybridized carbons (Fsp3) is 0.0222. The Balaban J connectivity index is 1.08. The number of nitrogens with zero attached hydrogens (tertiary/aromatic N) is 2. The number of amidine groups is 2. The number of aliphatic imine (C=N–C) groups is 2. The summed E-state index contributed by atoms with van der Waals surface area (Å²) in [6.45, 7) is 0. The predicted molar refractivity (Wildman–Crippen MR) is 217 cm³/mol. The lowest BCUT2D eigenvalue weighted by Gasteiger charge is -2.24. The minimum absolute atomic E-state index is 0.386. The molecule has 0 amide bonds. The van der Waals surface area contributed by atoms with Crippen molar-refractivity contribution in [3.05, 3.63) is 168 Å². The van der Waals surface area contributed by atoms with Crippen LogP contribution >= 0.6 is 22.7 Å². The molecule has 51 heavy (non-hydrogen) atoms. The molecule has 11 rings (SSSR count). The molecule has 1 N–H and O–H groups in total. The highest BCUT2D eigenvalue weighted by molar-refractivity contribution is 7.26. The van der Waals surface area contributed by atoms with Crippen molar-refractivity contribution >= 4 is 96.6 Å². The van der Waals surface area contributed by atoms with Crippen LogP contribution in [0.3, 0.4) is 0 Å². The van der Waals surface area contributed by atoms with Gasteiger partial charge in [0.25, 0.3) is 0 Å². The zero-order valence-corrected chi connectivity index (χ0v) is 28.8. The summed E-state index contributed by atoms with van der Waals surface area (Å²) in [6.07, 6.45) is -0.386. The Morgan fingerprint density at radius 1 is 0.490 bits per heavy atom. The van der Waals surface area contributed by atoms with Crippen LogP contribution in [0.1, 0.15) is 22.9 Å². The van der Waals surface area contributed by atoms with Crippen molar-refractivity contribution in [2.75, 3.05) is 0 Å². The van der Waals surface area contributed by atoms with E-state index in [1.807, 2.05) is 40.9 Å². The Morgan fingerprint density at radius 2 is 1.22 bits per heavy atom. The van der Waals surface area contributed by atoms with Gasteiger partial charge in [-0.2, -0.15) is 0 Å². The molecular formula is C45H27N3OS2. The van der Waals surface area contributed by atoms with Crippen molar-refractivity contribution < 1.29 is 4.42 Å². The minimum atomic E-state index is -0.386. The second-order valence-electron chi connectivity index (χ2n) is 12.9. The second kappa shape index (κ2) is 11.2. The van der Waals surface area contributed by atoms with E-state index in [1.54, 1.807) is 0 Å². The van der Waals surface area contributed by atoms with Gasteiger partial charge >= 0.3 is 0 Å². The molecule has 3 aromatic heterocycles. The number of furan rings is 1. The average Bonchev–Trinajstić information content (AvgIpc) is 3.88. The lowest BCUT2D eigenvalue weighted by Crippen LogP contribution is -2.33. The third kappa shape index (κ3) is 4.57. The average molecular weight is 690 g/mol. The predicted octanol–water partition coefficient (Wildman–Crippen LogP) is 12.5. The lowest BCUT2D eigenvalue weighted by atomic mass is 9.96. The normalized spacial score (nSPS) is 14.9. The summed E-state index contributed by atoms with van der Waals surface area (Å²) in [7, 11) is 0. The molecule has 240 valence electrons. The van der Waals surface area contributed by atoms with E-state index >= 15 is 0 Å². The maximum absolute atomic E-state index is 6.51. The summed E-state index contributed by atoms with van der Waals surface area (Å²) in [5.41, 5.74) is 7.15. The number of benzene rings is 7. The summed E-state index contributed by atoms with van der Waals surface area (Å²) in [4.78, 5) is 10.4. The van der Waals surface area contributed by atoms with Gasteiger partial charge in [0.1, 0.15) is 23.2 Å². The molecule has 1 atom stereocenters. The maximum atomic E-state index is 6.51. The van der Waals surface area contributed by atoms with Gasteiger partial charge in [0.2, 0.25) is 0 Å². The Kier molecular flexibility index (Phi) is 6.32. The van der Waals surface area contributed by atoms with Crippen LogP contribution in [0.5, 0.6) is 0 Å². The molecule has 10 aromatic rings. The molecule has 1 unspecified atom stereocenters. The Labute approximate surface area is 300 Å². The van der Waals surface area contributed by atoms with Crippen LogP contribution in [0, 0.1) is 0 Å². The largest absolute Gasteiger partial charge is 0.456 e. The first-order valence-electron chi connectivity index (χ1n) is 17.0. The molecule has 0 spiro atoms. The van der Waals surface area contributed by atoms with Gasteiger partial charge in [0.05, 0.1) is 0 Å². The van der Waals surface area contributed by atoms with E-state index < -0.39 is 0 Å². The third-order valence-electron chi connectivity index (χ3n) is 9.96. The van der Waals surface area contributed by atoms with E-state index in [2.05, 4.69) is 139 Å². The van der Waals surface area contributed by atoms with Crippen molar-refractivity contribution in [1.29, 1.82) is 0 Å². The van der Waals surface area contributed by atoms with Crippen LogP contribution in [-0.4, -0.2) is 11.7 Å². The van der Waals surface area contributed by atoms with Gasteiger partial charge in [-0.15, -0.1) is 22.7 Å². The molecule has 0 radical (unpaired) electrons. The molecule has 0 aliphatic carbocycles. The molecule has 0 fully saturated rings. The molecule has 0 bridgehead atoms. The molecule has 6 heteroatoms. The van der Waals surface area contributed by atoms with E-state index in [4.69, 9.17) is 14.4 Å². The van der Waals surface area contributed by atoms with Gasteiger partial charge in [-0.25, -0.2) is 9.98 Å². The SMILES string of the molecule is c1ccc(C2=NC(c3cccc4oc5ccc(-c6cccc7sc8ccccc8c67)cc5c34)NC(c3ccc4c(c3)sc3ccccc34)=N2)cc1. The number of hydrogen-bond donors (Lipinski definition) is 1. The van der Waals surface area contributed by atoms with Crippen molar-refractivity contribution in [2.45, 2.75) is 6.17 Å². The third-order valence-corrected chi connectivity index (χ3v) is 12.2. The van der Waals surface area contributed by atoms with Crippen LogP contribution < -0.4 is 5.32 Å². The number of hydrogen-bond acceptors (Lipinski definition) is 6. The zero-order chi connectivity index (χ0) is 33.5. The van der Waals surface area contributed by atoms with Gasteiger partial charge in [0.15, 0.2) is 5.84 Å². The first-order chi connectivity index (χ1) is 25.2. The molecule has 0 saturated carbocycles. The summed E-state index contributed by atoms with van der Waals surface area (Å²) >= 11 is 3.66. The van der Waals surface area contributed by atoms with Crippen LogP contribution in [0.2, 0.25) is 0 Å². The highest BCUT2D eigenvalue weighted by Gasteiger charge is 2.25. The highest BCUT2D eigenvalue weighted by atomic mass is 32.1. The summed E-state index contributed by atoms with van der Waals surface area (Å²) in [6, 6.07) is 53.7. The topological polar surface area (TPSA) is 49.9 Å². The first-order valence-corrected chi connectivity index (χ1v) is 18.6. The van der Waals surface area contributed by atoms with Crippen molar-refractivity contribution in [3.8, 4) is 11.1 Å². The fourth-order valence-electron chi connectivity index (χ4n) is 7.61. The minimum Gasteiger partial charge on any atom is -0.456 e. The van der Waals surface area contributed by atoms with E-state index in [9.17, 15) is 0 Å². The molecule has 1 aliphatic heterocycles. The molecule has 4 nitrogen and oxygen atoms in total. The molecular weight excluding hydrogens is 663 g/mol. The fourth-order valence-corrected chi connectivity index (χ4v) is 9.89. The van der Waals surface area contributed by atoms with Gasteiger partial charge in [0, 0.05) is 67.8 Å². The summed E-state index contributed by atoms with van der Waals surface area (Å²) in [5, 5.41) is 11.0. The van der Waals surface area contributed by atoms with Crippen molar-refractivity contribution in [2.24, 2.45) is 9.98 Å². The Bertz CT molecular complexity index is 3070.